The average Bonchev–Trinajstić information content (AvgIpc) is 2.75. The molecule has 4 heteroatoms. The number of fused-ring (bicyclic) bond motifs is 3. The zero-order valence-corrected chi connectivity index (χ0v) is 11.4. The molecule has 4 rings (SSSR count). The molecule has 4 aliphatic rings. The molecule has 0 radical (unpaired) electrons. The zero-order valence-electron chi connectivity index (χ0n) is 11.4. The number of nitrogens with one attached hydrogen (secondary N) is 1. The second-order valence-corrected chi connectivity index (χ2v) is 6.62. The summed E-state index contributed by atoms with van der Waals surface area (Å²) in [5.74, 6) is 1.60. The smallest absolute Gasteiger partial charge is 0.251 e. The van der Waals surface area contributed by atoms with E-state index in [1.165, 1.54) is 44.9 Å². The van der Waals surface area contributed by atoms with Crippen molar-refractivity contribution < 1.29 is 4.79 Å². The number of rotatable bonds is 2. The Bertz CT molecular complexity index is 404. The van der Waals surface area contributed by atoms with Crippen molar-refractivity contribution in [3.63, 3.8) is 0 Å². The van der Waals surface area contributed by atoms with E-state index in [-0.39, 0.29) is 6.04 Å². The zero-order chi connectivity index (χ0) is 12.8. The molecule has 3 unspecified atom stereocenters. The van der Waals surface area contributed by atoms with E-state index in [9.17, 15) is 4.79 Å². The van der Waals surface area contributed by atoms with Gasteiger partial charge in [0.15, 0.2) is 0 Å². The molecule has 4 nitrogen and oxygen atoms in total. The summed E-state index contributed by atoms with van der Waals surface area (Å²) in [6.07, 6.45) is 13.0. The van der Waals surface area contributed by atoms with E-state index in [0.717, 1.165) is 12.5 Å². The third kappa shape index (κ3) is 1.88. The Morgan fingerprint density at radius 3 is 2.74 bits per heavy atom. The van der Waals surface area contributed by atoms with E-state index in [1.54, 1.807) is 0 Å². The average molecular weight is 261 g/mol. The van der Waals surface area contributed by atoms with E-state index in [1.807, 2.05) is 11.1 Å². The van der Waals surface area contributed by atoms with Crippen LogP contribution in [-0.2, 0) is 4.79 Å². The summed E-state index contributed by atoms with van der Waals surface area (Å²) in [5.41, 5.74) is 3.53. The van der Waals surface area contributed by atoms with Gasteiger partial charge in [0.2, 0.25) is 0 Å². The molecule has 1 saturated heterocycles. The normalized spacial score (nSPS) is 38.1. The first-order valence-electron chi connectivity index (χ1n) is 7.86. The fraction of sp³-hybridized carbons (Fsp3) is 0.800. The van der Waals surface area contributed by atoms with Gasteiger partial charge in [-0.2, -0.15) is 0 Å². The van der Waals surface area contributed by atoms with E-state index < -0.39 is 0 Å². The first kappa shape index (κ1) is 11.8. The SMILES string of the molecule is O=C1C2C3CCCCC3NN2C=CN1CC1CCC1. The molecule has 2 aliphatic heterocycles. The standard InChI is InChI=1S/C15H23N3O/c19-15-14-12-6-1-2-7-13(12)16-18(14)9-8-17(15)10-11-4-3-5-11/h8-9,11-14,16H,1-7,10H2. The molecule has 3 fully saturated rings. The van der Waals surface area contributed by atoms with E-state index in [0.29, 0.717) is 17.9 Å². The van der Waals surface area contributed by atoms with Gasteiger partial charge >= 0.3 is 0 Å². The number of amides is 1. The summed E-state index contributed by atoms with van der Waals surface area (Å²) >= 11 is 0. The van der Waals surface area contributed by atoms with Crippen molar-refractivity contribution in [2.24, 2.45) is 11.8 Å². The Hall–Kier alpha value is -1.03. The van der Waals surface area contributed by atoms with Crippen molar-refractivity contribution in [3.8, 4) is 0 Å². The fourth-order valence-electron chi connectivity index (χ4n) is 4.11. The van der Waals surface area contributed by atoms with Gasteiger partial charge in [-0.15, -0.1) is 0 Å². The summed E-state index contributed by atoms with van der Waals surface area (Å²) in [7, 11) is 0. The Kier molecular flexibility index (Phi) is 2.79. The van der Waals surface area contributed by atoms with Crippen LogP contribution in [0.2, 0.25) is 0 Å². The predicted molar refractivity (Wildman–Crippen MR) is 72.7 cm³/mol. The number of carbonyl (C=O) groups excluding carboxylic acids is 1. The number of hydrazine groups is 1. The van der Waals surface area contributed by atoms with E-state index >= 15 is 0 Å². The Balaban J connectivity index is 1.51. The number of hydrogen-bond acceptors (Lipinski definition) is 3. The topological polar surface area (TPSA) is 35.6 Å². The monoisotopic (exact) mass is 261 g/mol. The number of carbonyl (C=O) groups is 1. The molecule has 0 spiro atoms. The van der Waals surface area contributed by atoms with Gasteiger partial charge in [-0.1, -0.05) is 19.3 Å². The lowest BCUT2D eigenvalue weighted by atomic mass is 9.80. The molecule has 0 aromatic carbocycles. The van der Waals surface area contributed by atoms with E-state index in [2.05, 4.69) is 16.6 Å². The molecule has 0 bridgehead atoms. The van der Waals surface area contributed by atoms with Gasteiger partial charge in [0.05, 0.1) is 0 Å². The van der Waals surface area contributed by atoms with Crippen LogP contribution in [-0.4, -0.2) is 34.4 Å². The van der Waals surface area contributed by atoms with Crippen LogP contribution in [0.3, 0.4) is 0 Å². The first-order chi connectivity index (χ1) is 9.33. The van der Waals surface area contributed by atoms with Gasteiger partial charge in [-0.3, -0.25) is 4.79 Å². The number of nitrogens with zero attached hydrogens (tertiary/aromatic N) is 2. The molecule has 104 valence electrons. The van der Waals surface area contributed by atoms with Gasteiger partial charge in [0.1, 0.15) is 6.04 Å². The molecule has 1 N–H and O–H groups in total. The van der Waals surface area contributed by atoms with Gasteiger partial charge in [-0.25, -0.2) is 5.43 Å². The van der Waals surface area contributed by atoms with Gasteiger partial charge in [0.25, 0.3) is 5.91 Å². The highest BCUT2D eigenvalue weighted by Gasteiger charge is 2.48. The lowest BCUT2D eigenvalue weighted by Crippen LogP contribution is -2.51. The molecule has 2 saturated carbocycles. The molecule has 2 heterocycles. The third-order valence-electron chi connectivity index (χ3n) is 5.46. The van der Waals surface area contributed by atoms with Crippen molar-refractivity contribution >= 4 is 5.91 Å². The Morgan fingerprint density at radius 2 is 1.95 bits per heavy atom. The van der Waals surface area contributed by atoms with Crippen LogP contribution in [0, 0.1) is 11.8 Å². The minimum absolute atomic E-state index is 0.0652. The Morgan fingerprint density at radius 1 is 1.11 bits per heavy atom. The number of hydrogen-bond donors (Lipinski definition) is 1. The van der Waals surface area contributed by atoms with Crippen LogP contribution in [0.15, 0.2) is 12.4 Å². The van der Waals surface area contributed by atoms with Crippen molar-refractivity contribution in [3.05, 3.63) is 12.4 Å². The quantitative estimate of drug-likeness (QED) is 0.824. The van der Waals surface area contributed by atoms with Crippen LogP contribution in [0.4, 0.5) is 0 Å². The maximum absolute atomic E-state index is 12.7. The van der Waals surface area contributed by atoms with Gasteiger partial charge in [0, 0.05) is 30.9 Å². The van der Waals surface area contributed by atoms with Crippen LogP contribution < -0.4 is 5.43 Å². The molecular formula is C15H23N3O. The summed E-state index contributed by atoms with van der Waals surface area (Å²) in [5, 5.41) is 2.08. The van der Waals surface area contributed by atoms with Crippen molar-refractivity contribution in [2.45, 2.75) is 57.0 Å². The van der Waals surface area contributed by atoms with Gasteiger partial charge < -0.3 is 9.91 Å². The maximum atomic E-state index is 12.7. The predicted octanol–water partition coefficient (Wildman–Crippen LogP) is 1.85. The van der Waals surface area contributed by atoms with Crippen LogP contribution in [0.1, 0.15) is 44.9 Å². The minimum Gasteiger partial charge on any atom is -0.315 e. The molecule has 3 atom stereocenters. The molecule has 2 aliphatic carbocycles. The minimum atomic E-state index is 0.0652. The summed E-state index contributed by atoms with van der Waals surface area (Å²) in [6, 6.07) is 0.589. The van der Waals surface area contributed by atoms with Gasteiger partial charge in [-0.05, 0) is 31.6 Å². The molecule has 19 heavy (non-hydrogen) atoms. The second kappa shape index (κ2) is 4.51. The summed E-state index contributed by atoms with van der Waals surface area (Å²) < 4.78 is 0. The molecule has 1 amide bonds. The van der Waals surface area contributed by atoms with Crippen LogP contribution in [0.25, 0.3) is 0 Å². The van der Waals surface area contributed by atoms with Crippen LogP contribution in [0.5, 0.6) is 0 Å². The van der Waals surface area contributed by atoms with Crippen molar-refractivity contribution in [2.75, 3.05) is 6.54 Å². The molecule has 0 aromatic rings. The Labute approximate surface area is 114 Å². The maximum Gasteiger partial charge on any atom is 0.251 e. The molecular weight excluding hydrogens is 238 g/mol. The summed E-state index contributed by atoms with van der Waals surface area (Å²) in [6.45, 7) is 0.942. The fourth-order valence-corrected chi connectivity index (χ4v) is 4.11. The highest BCUT2D eigenvalue weighted by atomic mass is 16.2. The lowest BCUT2D eigenvalue weighted by Gasteiger charge is -2.37. The van der Waals surface area contributed by atoms with Crippen LogP contribution >= 0.6 is 0 Å². The third-order valence-corrected chi connectivity index (χ3v) is 5.46. The lowest BCUT2D eigenvalue weighted by molar-refractivity contribution is -0.136. The van der Waals surface area contributed by atoms with E-state index in [4.69, 9.17) is 0 Å². The largest absolute Gasteiger partial charge is 0.315 e. The highest BCUT2D eigenvalue weighted by Crippen LogP contribution is 2.37. The van der Waals surface area contributed by atoms with Crippen molar-refractivity contribution in [1.82, 2.24) is 15.3 Å². The molecule has 0 aromatic heterocycles. The summed E-state index contributed by atoms with van der Waals surface area (Å²) in [4.78, 5) is 14.7. The first-order valence-corrected chi connectivity index (χ1v) is 7.86. The highest BCUT2D eigenvalue weighted by molar-refractivity contribution is 5.84. The van der Waals surface area contributed by atoms with Crippen molar-refractivity contribution in [1.29, 1.82) is 0 Å². The second-order valence-electron chi connectivity index (χ2n) is 6.62.